The van der Waals surface area contributed by atoms with Crippen LogP contribution >= 0.6 is 36.2 Å². The molecule has 2 heterocycles. The van der Waals surface area contributed by atoms with Gasteiger partial charge in [-0.25, -0.2) is 4.98 Å². The summed E-state index contributed by atoms with van der Waals surface area (Å²) in [5.41, 5.74) is 5.29. The number of likely N-dealkylation sites (N-methyl/N-ethyl adjacent to an activating group) is 1. The maximum absolute atomic E-state index is 12.8. The van der Waals surface area contributed by atoms with E-state index in [1.54, 1.807) is 25.6 Å². The average Bonchev–Trinajstić information content (AvgIpc) is 3.06. The lowest BCUT2D eigenvalue weighted by Gasteiger charge is -2.22. The van der Waals surface area contributed by atoms with E-state index >= 15 is 0 Å². The van der Waals surface area contributed by atoms with Crippen LogP contribution in [-0.4, -0.2) is 68.1 Å². The molecule has 1 aromatic carbocycles. The van der Waals surface area contributed by atoms with Gasteiger partial charge in [0.15, 0.2) is 11.5 Å². The Morgan fingerprint density at radius 1 is 1.13 bits per heavy atom. The summed E-state index contributed by atoms with van der Waals surface area (Å²) in [7, 11) is 5.42. The van der Waals surface area contributed by atoms with Gasteiger partial charge in [-0.15, -0.1) is 36.2 Å². The van der Waals surface area contributed by atoms with Gasteiger partial charge in [0.1, 0.15) is 0 Å². The fourth-order valence-corrected chi connectivity index (χ4v) is 4.52. The molecule has 1 amide bonds. The molecule has 0 bridgehead atoms. The third kappa shape index (κ3) is 7.24. The number of ether oxygens (including phenoxy) is 2. The summed E-state index contributed by atoms with van der Waals surface area (Å²) >= 11 is 1.73. The van der Waals surface area contributed by atoms with E-state index in [0.29, 0.717) is 12.2 Å². The monoisotopic (exact) mass is 489 g/mol. The zero-order valence-electron chi connectivity index (χ0n) is 18.7. The lowest BCUT2D eigenvalue weighted by Crippen LogP contribution is -2.35. The minimum absolute atomic E-state index is 0. The van der Waals surface area contributed by atoms with Gasteiger partial charge in [0.05, 0.1) is 31.8 Å². The molecule has 0 aliphatic carbocycles. The molecule has 3 rings (SSSR count). The summed E-state index contributed by atoms with van der Waals surface area (Å²) in [6, 6.07) is 3.96. The molecule has 0 fully saturated rings. The van der Waals surface area contributed by atoms with Gasteiger partial charge >= 0.3 is 0 Å². The first kappa shape index (κ1) is 27.5. The summed E-state index contributed by atoms with van der Waals surface area (Å²) in [6.45, 7) is 5.62. The second kappa shape index (κ2) is 13.1. The van der Waals surface area contributed by atoms with Gasteiger partial charge in [-0.2, -0.15) is 0 Å². The maximum Gasteiger partial charge on any atom is 0.227 e. The number of methoxy groups -OCH3 is 2. The van der Waals surface area contributed by atoms with Gasteiger partial charge in [-0.1, -0.05) is 0 Å². The number of carbonyl (C=O) groups is 1. The van der Waals surface area contributed by atoms with Crippen LogP contribution in [0.5, 0.6) is 11.5 Å². The summed E-state index contributed by atoms with van der Waals surface area (Å²) in [6.07, 6.45) is 3.29. The van der Waals surface area contributed by atoms with Gasteiger partial charge < -0.3 is 19.3 Å². The van der Waals surface area contributed by atoms with Crippen LogP contribution in [0.1, 0.15) is 28.1 Å². The fourth-order valence-electron chi connectivity index (χ4n) is 3.75. The molecule has 0 saturated heterocycles. The van der Waals surface area contributed by atoms with Gasteiger partial charge in [0, 0.05) is 24.5 Å². The Kier molecular flexibility index (Phi) is 11.6. The molecular weight excluding hydrogens is 457 g/mol. The minimum Gasteiger partial charge on any atom is -0.493 e. The number of hydrogen-bond acceptors (Lipinski definition) is 6. The van der Waals surface area contributed by atoms with Gasteiger partial charge in [0.25, 0.3) is 0 Å². The number of halogens is 2. The Bertz CT molecular complexity index is 847. The summed E-state index contributed by atoms with van der Waals surface area (Å²) in [5, 5.41) is 0. The Morgan fingerprint density at radius 2 is 1.81 bits per heavy atom. The number of aryl methyl sites for hydroxylation is 1. The van der Waals surface area contributed by atoms with Gasteiger partial charge in [-0.05, 0) is 63.0 Å². The summed E-state index contributed by atoms with van der Waals surface area (Å²) < 4.78 is 10.8. The predicted molar refractivity (Wildman–Crippen MR) is 131 cm³/mol. The first-order valence-electron chi connectivity index (χ1n) is 10.1. The Balaban J connectivity index is 0.00000240. The van der Waals surface area contributed by atoms with E-state index in [1.807, 2.05) is 22.5 Å². The molecule has 0 unspecified atom stereocenters. The van der Waals surface area contributed by atoms with Crippen molar-refractivity contribution in [2.45, 2.75) is 32.6 Å². The van der Waals surface area contributed by atoms with Crippen molar-refractivity contribution in [3.05, 3.63) is 39.3 Å². The lowest BCUT2D eigenvalue weighted by atomic mass is 10.0. The van der Waals surface area contributed by atoms with E-state index in [-0.39, 0.29) is 30.7 Å². The number of rotatable bonds is 9. The minimum atomic E-state index is 0. The van der Waals surface area contributed by atoms with Crippen LogP contribution < -0.4 is 9.47 Å². The molecule has 0 atom stereocenters. The van der Waals surface area contributed by atoms with Crippen molar-refractivity contribution in [3.8, 4) is 11.5 Å². The predicted octanol–water partition coefficient (Wildman–Crippen LogP) is 3.80. The Hall–Kier alpha value is -1.54. The zero-order valence-corrected chi connectivity index (χ0v) is 21.1. The number of hydrogen-bond donors (Lipinski definition) is 0. The van der Waals surface area contributed by atoms with Crippen molar-refractivity contribution < 1.29 is 14.3 Å². The second-order valence-electron chi connectivity index (χ2n) is 7.55. The molecule has 2 aromatic rings. The van der Waals surface area contributed by atoms with Crippen molar-refractivity contribution in [1.82, 2.24) is 14.8 Å². The van der Waals surface area contributed by atoms with Crippen LogP contribution in [0, 0.1) is 6.92 Å². The highest BCUT2D eigenvalue weighted by molar-refractivity contribution is 7.09. The molecule has 1 aliphatic heterocycles. The molecule has 0 radical (unpaired) electrons. The topological polar surface area (TPSA) is 54.9 Å². The third-order valence-corrected chi connectivity index (χ3v) is 6.58. The van der Waals surface area contributed by atoms with Crippen molar-refractivity contribution in [2.24, 2.45) is 0 Å². The highest BCUT2D eigenvalue weighted by Crippen LogP contribution is 2.32. The first-order valence-corrected chi connectivity index (χ1v) is 11.0. The van der Waals surface area contributed by atoms with E-state index in [0.717, 1.165) is 62.4 Å². The van der Waals surface area contributed by atoms with Crippen LogP contribution in [0.4, 0.5) is 0 Å². The van der Waals surface area contributed by atoms with Crippen LogP contribution in [0.25, 0.3) is 0 Å². The zero-order chi connectivity index (χ0) is 20.8. The van der Waals surface area contributed by atoms with Crippen molar-refractivity contribution in [3.63, 3.8) is 0 Å². The molecule has 1 aromatic heterocycles. The van der Waals surface area contributed by atoms with E-state index < -0.39 is 0 Å². The van der Waals surface area contributed by atoms with Crippen LogP contribution in [-0.2, 0) is 24.1 Å². The standard InChI is InChI=1S/C22H31N3O3S.2ClH/c1-16-21(29-15-23-16)7-10-24(2)8-5-9-25-11-6-17-12-19(27-3)20(28-4)13-18(17)14-22(25)26;;/h12-13,15H,5-11,14H2,1-4H3;2*1H. The van der Waals surface area contributed by atoms with Crippen LogP contribution in [0.3, 0.4) is 0 Å². The van der Waals surface area contributed by atoms with Crippen molar-refractivity contribution >= 4 is 42.1 Å². The fraction of sp³-hybridized carbons (Fsp3) is 0.545. The molecule has 31 heavy (non-hydrogen) atoms. The molecule has 0 spiro atoms. The van der Waals surface area contributed by atoms with Crippen molar-refractivity contribution in [1.29, 1.82) is 0 Å². The highest BCUT2D eigenvalue weighted by atomic mass is 35.5. The number of amides is 1. The molecule has 6 nitrogen and oxygen atoms in total. The first-order chi connectivity index (χ1) is 14.0. The number of aromatic nitrogens is 1. The average molecular weight is 490 g/mol. The SMILES string of the molecule is COc1cc2c(cc1OC)CC(=O)N(CCCN(C)CCc1scnc1C)CC2.Cl.Cl. The van der Waals surface area contributed by atoms with Crippen LogP contribution in [0.15, 0.2) is 17.6 Å². The number of benzene rings is 1. The maximum atomic E-state index is 12.8. The molecule has 1 aliphatic rings. The van der Waals surface area contributed by atoms with Gasteiger partial charge in [-0.3, -0.25) is 4.79 Å². The molecule has 0 saturated carbocycles. The highest BCUT2D eigenvalue weighted by Gasteiger charge is 2.22. The van der Waals surface area contributed by atoms with E-state index in [9.17, 15) is 4.79 Å². The van der Waals surface area contributed by atoms with E-state index in [1.165, 1.54) is 10.4 Å². The third-order valence-electron chi connectivity index (χ3n) is 5.58. The van der Waals surface area contributed by atoms with Gasteiger partial charge in [0.2, 0.25) is 5.91 Å². The lowest BCUT2D eigenvalue weighted by molar-refractivity contribution is -0.130. The smallest absolute Gasteiger partial charge is 0.227 e. The number of carbonyl (C=O) groups excluding carboxylic acids is 1. The molecule has 174 valence electrons. The molecule has 9 heteroatoms. The Morgan fingerprint density at radius 3 is 2.42 bits per heavy atom. The number of nitrogens with zero attached hydrogens (tertiary/aromatic N) is 3. The van der Waals surface area contributed by atoms with E-state index in [2.05, 4.69) is 23.9 Å². The summed E-state index contributed by atoms with van der Waals surface area (Å²) in [4.78, 5) is 22.8. The number of fused-ring (bicyclic) bond motifs is 1. The summed E-state index contributed by atoms with van der Waals surface area (Å²) in [5.74, 6) is 1.61. The normalized spacial score (nSPS) is 13.2. The molecule has 0 N–H and O–H groups in total. The Labute approximate surface area is 201 Å². The largest absolute Gasteiger partial charge is 0.493 e. The molecular formula is C22H33Cl2N3O3S. The number of thiazole rings is 1. The van der Waals surface area contributed by atoms with Crippen LogP contribution in [0.2, 0.25) is 0 Å². The van der Waals surface area contributed by atoms with Crippen molar-refractivity contribution in [2.75, 3.05) is 47.4 Å². The second-order valence-corrected chi connectivity index (χ2v) is 8.49. The quantitative estimate of drug-likeness (QED) is 0.535. The van der Waals surface area contributed by atoms with E-state index in [4.69, 9.17) is 9.47 Å².